The van der Waals surface area contributed by atoms with E-state index in [1.807, 2.05) is 42.8 Å². The summed E-state index contributed by atoms with van der Waals surface area (Å²) in [5.74, 6) is 1.73. The first kappa shape index (κ1) is 24.0. The van der Waals surface area contributed by atoms with Crippen LogP contribution in [0.3, 0.4) is 0 Å². The quantitative estimate of drug-likeness (QED) is 0.354. The topological polar surface area (TPSA) is 59.2 Å². The number of halogens is 3. The Morgan fingerprint density at radius 3 is 2.66 bits per heavy atom. The molecule has 2 aliphatic rings. The van der Waals surface area contributed by atoms with Crippen molar-refractivity contribution >= 4 is 23.2 Å². The smallest absolute Gasteiger partial charge is 0.305 e. The summed E-state index contributed by atoms with van der Waals surface area (Å²) in [7, 11) is 1.97. The van der Waals surface area contributed by atoms with Crippen LogP contribution in [0.25, 0.3) is 11.4 Å². The molecule has 0 bridgehead atoms. The molecule has 0 spiro atoms. The average Bonchev–Trinajstić information content (AvgIpc) is 3.36. The van der Waals surface area contributed by atoms with Gasteiger partial charge in [-0.2, -0.15) is 13.2 Å². The second-order valence-corrected chi connectivity index (χ2v) is 10.1. The lowest BCUT2D eigenvalue weighted by atomic mass is 9.97. The van der Waals surface area contributed by atoms with Crippen LogP contribution in [-0.4, -0.2) is 61.9 Å². The van der Waals surface area contributed by atoms with Crippen molar-refractivity contribution in [3.05, 3.63) is 52.8 Å². The number of benzene rings is 1. The van der Waals surface area contributed by atoms with E-state index in [4.69, 9.17) is 0 Å². The van der Waals surface area contributed by atoms with Gasteiger partial charge in [0.1, 0.15) is 5.71 Å². The van der Waals surface area contributed by atoms with Gasteiger partial charge in [-0.05, 0) is 61.6 Å². The van der Waals surface area contributed by atoms with Crippen LogP contribution in [0.5, 0.6) is 0 Å². The number of alkyl halides is 3. The van der Waals surface area contributed by atoms with Crippen molar-refractivity contribution in [2.45, 2.75) is 43.9 Å². The van der Waals surface area contributed by atoms with Crippen LogP contribution >= 0.6 is 11.8 Å². The van der Waals surface area contributed by atoms with Gasteiger partial charge in [0.25, 0.3) is 0 Å². The van der Waals surface area contributed by atoms with E-state index < -0.39 is 11.9 Å². The molecule has 0 unspecified atom stereocenters. The van der Waals surface area contributed by atoms with Crippen molar-refractivity contribution in [1.82, 2.24) is 24.6 Å². The van der Waals surface area contributed by atoms with Crippen molar-refractivity contribution in [2.24, 2.45) is 12.0 Å². The molecule has 2 aliphatic heterocycles. The van der Waals surface area contributed by atoms with Crippen molar-refractivity contribution < 1.29 is 13.2 Å². The molecule has 1 aromatic carbocycles. The molecule has 6 nitrogen and oxygen atoms in total. The van der Waals surface area contributed by atoms with E-state index in [-0.39, 0.29) is 6.42 Å². The molecule has 0 saturated carbocycles. The predicted molar refractivity (Wildman–Crippen MR) is 131 cm³/mol. The first-order valence-electron chi connectivity index (χ1n) is 11.8. The fourth-order valence-corrected chi connectivity index (χ4v) is 5.61. The maximum absolute atomic E-state index is 13.2. The Hall–Kier alpha value is -2.72. The molecule has 35 heavy (non-hydrogen) atoms. The number of nitrogens with zero attached hydrogens (tertiary/aromatic N) is 6. The third-order valence-corrected chi connectivity index (χ3v) is 7.81. The van der Waals surface area contributed by atoms with Crippen LogP contribution in [0.1, 0.15) is 28.8 Å². The zero-order valence-corrected chi connectivity index (χ0v) is 20.6. The van der Waals surface area contributed by atoms with E-state index in [1.165, 1.54) is 0 Å². The van der Waals surface area contributed by atoms with Gasteiger partial charge in [0.15, 0.2) is 11.0 Å². The number of pyridine rings is 1. The van der Waals surface area contributed by atoms with Gasteiger partial charge in [-0.15, -0.1) is 10.2 Å². The minimum absolute atomic E-state index is 0.114. The molecular formula is C25H27F3N6S. The summed E-state index contributed by atoms with van der Waals surface area (Å²) in [5, 5.41) is 9.59. The third-order valence-electron chi connectivity index (χ3n) is 6.70. The highest BCUT2D eigenvalue weighted by molar-refractivity contribution is 7.99. The molecule has 0 amide bonds. The lowest BCUT2D eigenvalue weighted by Gasteiger charge is -2.19. The first-order chi connectivity index (χ1) is 16.8. The maximum Gasteiger partial charge on any atom is 0.429 e. The number of hydrogen-bond acceptors (Lipinski definition) is 6. The second-order valence-electron chi connectivity index (χ2n) is 8.99. The number of aliphatic imine (C=N–C) groups is 1. The van der Waals surface area contributed by atoms with Crippen LogP contribution in [0.4, 0.5) is 18.9 Å². The minimum Gasteiger partial charge on any atom is -0.305 e. The van der Waals surface area contributed by atoms with Gasteiger partial charge in [-0.25, -0.2) is 4.99 Å². The number of aryl methyl sites for hydroxylation is 1. The summed E-state index contributed by atoms with van der Waals surface area (Å²) < 4.78 is 41.5. The van der Waals surface area contributed by atoms with Crippen molar-refractivity contribution in [1.29, 1.82) is 0 Å². The number of fused-ring (bicyclic) bond motifs is 3. The van der Waals surface area contributed by atoms with Gasteiger partial charge in [0.05, 0.1) is 5.69 Å². The minimum atomic E-state index is -4.36. The van der Waals surface area contributed by atoms with E-state index in [1.54, 1.807) is 18.0 Å². The summed E-state index contributed by atoms with van der Waals surface area (Å²) in [6.45, 7) is 4.64. The number of aromatic nitrogens is 4. The maximum atomic E-state index is 13.2. The summed E-state index contributed by atoms with van der Waals surface area (Å²) in [6.07, 6.45) is -0.144. The Labute approximate surface area is 206 Å². The number of thioether (sulfide) groups is 1. The van der Waals surface area contributed by atoms with Crippen LogP contribution in [0.15, 0.2) is 40.6 Å². The van der Waals surface area contributed by atoms with Crippen LogP contribution in [0, 0.1) is 6.92 Å². The first-order valence-corrected chi connectivity index (χ1v) is 12.7. The molecule has 2 aromatic heterocycles. The van der Waals surface area contributed by atoms with Gasteiger partial charge in [0, 0.05) is 49.8 Å². The van der Waals surface area contributed by atoms with Gasteiger partial charge in [0.2, 0.25) is 0 Å². The molecule has 0 fully saturated rings. The number of rotatable bonds is 6. The largest absolute Gasteiger partial charge is 0.429 e. The lowest BCUT2D eigenvalue weighted by molar-refractivity contribution is -0.0597. The standard InChI is InChI=1S/C25H27F3N6S/c1-16-19(5-3-10-29-16)23-31-32-24(33(23)2)35-14-4-11-34-12-8-17-6-7-18-15-21(25(26,27)28)30-22(18)20(17)9-13-34/h3,5-7,10H,4,8-9,11-15H2,1-2H3. The zero-order valence-electron chi connectivity index (χ0n) is 19.8. The second kappa shape index (κ2) is 9.73. The molecule has 184 valence electrons. The Morgan fingerprint density at radius 2 is 1.86 bits per heavy atom. The molecule has 3 aromatic rings. The highest BCUT2D eigenvalue weighted by atomic mass is 32.2. The third kappa shape index (κ3) is 4.99. The fraction of sp³-hybridized carbons (Fsp3) is 0.440. The summed E-state index contributed by atoms with van der Waals surface area (Å²) in [5.41, 5.74) is 4.62. The highest BCUT2D eigenvalue weighted by Crippen LogP contribution is 2.38. The molecule has 0 radical (unpaired) electrons. The van der Waals surface area contributed by atoms with Crippen LogP contribution < -0.4 is 0 Å². The van der Waals surface area contributed by atoms with Crippen LogP contribution in [0.2, 0.25) is 0 Å². The van der Waals surface area contributed by atoms with E-state index in [2.05, 4.69) is 25.1 Å². The van der Waals surface area contributed by atoms with Crippen molar-refractivity contribution in [3.63, 3.8) is 0 Å². The van der Waals surface area contributed by atoms with E-state index in [0.29, 0.717) is 11.3 Å². The average molecular weight is 501 g/mol. The van der Waals surface area contributed by atoms with Gasteiger partial charge >= 0.3 is 6.18 Å². The van der Waals surface area contributed by atoms with Crippen molar-refractivity contribution in [2.75, 3.05) is 25.4 Å². The summed E-state index contributed by atoms with van der Waals surface area (Å²) in [4.78, 5) is 10.7. The van der Waals surface area contributed by atoms with E-state index >= 15 is 0 Å². The van der Waals surface area contributed by atoms with Gasteiger partial charge < -0.3 is 9.47 Å². The lowest BCUT2D eigenvalue weighted by Crippen LogP contribution is -2.27. The van der Waals surface area contributed by atoms with Gasteiger partial charge in [-0.3, -0.25) is 4.98 Å². The Morgan fingerprint density at radius 1 is 1.06 bits per heavy atom. The molecule has 5 rings (SSSR count). The van der Waals surface area contributed by atoms with Crippen LogP contribution in [-0.2, 0) is 26.3 Å². The van der Waals surface area contributed by atoms with E-state index in [9.17, 15) is 13.2 Å². The highest BCUT2D eigenvalue weighted by Gasteiger charge is 2.39. The molecule has 0 atom stereocenters. The zero-order chi connectivity index (χ0) is 24.6. The molecule has 10 heteroatoms. The van der Waals surface area contributed by atoms with Crippen molar-refractivity contribution in [3.8, 4) is 11.4 Å². The molecular weight excluding hydrogens is 473 g/mol. The molecule has 4 heterocycles. The summed E-state index contributed by atoms with van der Waals surface area (Å²) >= 11 is 1.69. The Balaban J connectivity index is 1.16. The Bertz CT molecular complexity index is 1270. The summed E-state index contributed by atoms with van der Waals surface area (Å²) in [6, 6.07) is 7.73. The Kier molecular flexibility index (Phi) is 6.67. The molecule has 0 N–H and O–H groups in total. The van der Waals surface area contributed by atoms with Gasteiger partial charge in [-0.1, -0.05) is 23.9 Å². The van der Waals surface area contributed by atoms with E-state index in [0.717, 1.165) is 78.0 Å². The number of hydrogen-bond donors (Lipinski definition) is 0. The normalized spacial score (nSPS) is 16.1. The molecule has 0 saturated heterocycles. The molecule has 0 aliphatic carbocycles. The predicted octanol–water partition coefficient (Wildman–Crippen LogP) is 4.96. The SMILES string of the molecule is Cc1ncccc1-c1nnc(SCCCN2CCc3ccc4c(c3CC2)N=C(C(F)(F)F)C4)n1C. The monoisotopic (exact) mass is 500 g/mol. The fourth-order valence-electron chi connectivity index (χ4n) is 4.77.